The molecule has 1 aliphatic rings. The van der Waals surface area contributed by atoms with Crippen LogP contribution in [-0.4, -0.2) is 23.0 Å². The number of hydrogen-bond acceptors (Lipinski definition) is 4. The molecule has 1 fully saturated rings. The Morgan fingerprint density at radius 1 is 1.55 bits per heavy atom. The number of carbonyl (C=O) groups is 1. The van der Waals surface area contributed by atoms with Gasteiger partial charge >= 0.3 is 0 Å². The molecule has 2 heterocycles. The lowest BCUT2D eigenvalue weighted by atomic mass is 9.99. The Hall–Kier alpha value is -1.88. The number of anilines is 1. The van der Waals surface area contributed by atoms with Gasteiger partial charge in [0.2, 0.25) is 5.91 Å². The number of amides is 1. The average molecular weight is 273 g/mol. The highest BCUT2D eigenvalue weighted by molar-refractivity contribution is 5.99. The summed E-state index contributed by atoms with van der Waals surface area (Å²) in [5.74, 6) is 0.724. The summed E-state index contributed by atoms with van der Waals surface area (Å²) in [6, 6.07) is 5.55. The number of oxazole rings is 1. The molecule has 20 heavy (non-hydrogen) atoms. The van der Waals surface area contributed by atoms with Crippen molar-refractivity contribution in [3.05, 3.63) is 24.1 Å². The van der Waals surface area contributed by atoms with Crippen LogP contribution in [0, 0.1) is 0 Å². The van der Waals surface area contributed by atoms with E-state index >= 15 is 0 Å². The normalized spacial score (nSPS) is 22.3. The van der Waals surface area contributed by atoms with Crippen molar-refractivity contribution in [2.45, 2.75) is 38.6 Å². The number of carbonyl (C=O) groups excluding carboxylic acids is 1. The van der Waals surface area contributed by atoms with Crippen LogP contribution < -0.4 is 10.6 Å². The lowest BCUT2D eigenvalue weighted by molar-refractivity contribution is -0.121. The Bertz CT molecular complexity index is 642. The summed E-state index contributed by atoms with van der Waals surface area (Å²) in [6.45, 7) is 4.84. The van der Waals surface area contributed by atoms with Crippen molar-refractivity contribution in [1.82, 2.24) is 10.3 Å². The van der Waals surface area contributed by atoms with Gasteiger partial charge in [0.25, 0.3) is 0 Å². The van der Waals surface area contributed by atoms with Crippen LogP contribution in [0.25, 0.3) is 11.1 Å². The number of nitrogens with zero attached hydrogens (tertiary/aromatic N) is 1. The Morgan fingerprint density at radius 3 is 3.10 bits per heavy atom. The minimum atomic E-state index is -0.465. The first-order valence-electron chi connectivity index (χ1n) is 7.07. The number of fused-ring (bicyclic) bond motifs is 1. The summed E-state index contributed by atoms with van der Waals surface area (Å²) in [4.78, 5) is 16.7. The van der Waals surface area contributed by atoms with Crippen molar-refractivity contribution in [2.24, 2.45) is 0 Å². The highest BCUT2D eigenvalue weighted by Crippen LogP contribution is 2.23. The van der Waals surface area contributed by atoms with Gasteiger partial charge in [-0.2, -0.15) is 0 Å². The molecule has 0 spiro atoms. The molecule has 0 bridgehead atoms. The third kappa shape index (κ3) is 2.29. The molecule has 1 aromatic carbocycles. The maximum atomic E-state index is 12.3. The van der Waals surface area contributed by atoms with Gasteiger partial charge in [0.05, 0.1) is 5.54 Å². The van der Waals surface area contributed by atoms with E-state index in [2.05, 4.69) is 15.6 Å². The van der Waals surface area contributed by atoms with E-state index in [0.29, 0.717) is 5.89 Å². The number of hydrogen-bond donors (Lipinski definition) is 2. The van der Waals surface area contributed by atoms with E-state index < -0.39 is 5.54 Å². The third-order valence-electron chi connectivity index (χ3n) is 3.86. The zero-order valence-electron chi connectivity index (χ0n) is 11.8. The number of rotatable bonds is 3. The second-order valence-corrected chi connectivity index (χ2v) is 5.46. The summed E-state index contributed by atoms with van der Waals surface area (Å²) in [7, 11) is 0. The molecule has 1 unspecified atom stereocenters. The van der Waals surface area contributed by atoms with E-state index in [0.717, 1.165) is 42.6 Å². The minimum absolute atomic E-state index is 0.00793. The summed E-state index contributed by atoms with van der Waals surface area (Å²) in [5, 5.41) is 6.22. The second-order valence-electron chi connectivity index (χ2n) is 5.46. The smallest absolute Gasteiger partial charge is 0.244 e. The Balaban J connectivity index is 1.81. The molecule has 1 aromatic heterocycles. The van der Waals surface area contributed by atoms with Crippen molar-refractivity contribution >= 4 is 22.7 Å². The van der Waals surface area contributed by atoms with E-state index in [1.165, 1.54) is 0 Å². The summed E-state index contributed by atoms with van der Waals surface area (Å²) in [5.41, 5.74) is 1.83. The van der Waals surface area contributed by atoms with Crippen molar-refractivity contribution in [1.29, 1.82) is 0 Å². The van der Waals surface area contributed by atoms with Gasteiger partial charge in [0.1, 0.15) is 5.52 Å². The number of aromatic nitrogens is 1. The zero-order valence-corrected chi connectivity index (χ0v) is 11.8. The van der Waals surface area contributed by atoms with E-state index in [4.69, 9.17) is 4.42 Å². The van der Waals surface area contributed by atoms with Crippen LogP contribution in [0.15, 0.2) is 22.6 Å². The predicted molar refractivity (Wildman–Crippen MR) is 77.7 cm³/mol. The largest absolute Gasteiger partial charge is 0.441 e. The fourth-order valence-electron chi connectivity index (χ4n) is 2.56. The monoisotopic (exact) mass is 273 g/mol. The molecule has 0 radical (unpaired) electrons. The lowest BCUT2D eigenvalue weighted by Crippen LogP contribution is -2.47. The molecule has 1 amide bonds. The van der Waals surface area contributed by atoms with Crippen LogP contribution in [0.4, 0.5) is 5.69 Å². The SMILES string of the molecule is CCc1nc2cc(NC(=O)C3(C)CCCN3)ccc2o1. The molecular formula is C15H19N3O2. The quantitative estimate of drug-likeness (QED) is 0.901. The third-order valence-corrected chi connectivity index (χ3v) is 3.86. The molecule has 5 heteroatoms. The summed E-state index contributed by atoms with van der Waals surface area (Å²) in [6.07, 6.45) is 2.66. The van der Waals surface area contributed by atoms with Gasteiger partial charge in [-0.1, -0.05) is 6.92 Å². The van der Waals surface area contributed by atoms with Gasteiger partial charge in [-0.3, -0.25) is 4.79 Å². The molecule has 1 aliphatic heterocycles. The molecule has 2 aromatic rings. The summed E-state index contributed by atoms with van der Waals surface area (Å²) < 4.78 is 5.56. The van der Waals surface area contributed by atoms with Crippen molar-refractivity contribution in [3.63, 3.8) is 0 Å². The van der Waals surface area contributed by atoms with Gasteiger partial charge in [-0.15, -0.1) is 0 Å². The maximum absolute atomic E-state index is 12.3. The molecule has 3 rings (SSSR count). The van der Waals surface area contributed by atoms with Crippen LogP contribution in [0.5, 0.6) is 0 Å². The van der Waals surface area contributed by atoms with Gasteiger partial charge in [-0.25, -0.2) is 4.98 Å². The topological polar surface area (TPSA) is 67.2 Å². The zero-order chi connectivity index (χ0) is 14.2. The standard InChI is InChI=1S/C15H19N3O2/c1-3-13-18-11-9-10(5-6-12(11)20-13)17-14(19)15(2)7-4-8-16-15/h5-6,9,16H,3-4,7-8H2,1-2H3,(H,17,19). The van der Waals surface area contributed by atoms with E-state index in [1.807, 2.05) is 32.0 Å². The lowest BCUT2D eigenvalue weighted by Gasteiger charge is -2.22. The first-order valence-corrected chi connectivity index (χ1v) is 7.07. The molecule has 1 saturated heterocycles. The number of benzene rings is 1. The molecule has 0 aliphatic carbocycles. The Morgan fingerprint density at radius 2 is 2.40 bits per heavy atom. The minimum Gasteiger partial charge on any atom is -0.441 e. The van der Waals surface area contributed by atoms with Gasteiger partial charge in [0.15, 0.2) is 11.5 Å². The highest BCUT2D eigenvalue weighted by Gasteiger charge is 2.35. The Kier molecular flexibility index (Phi) is 3.22. The Labute approximate surface area is 117 Å². The first kappa shape index (κ1) is 13.1. The van der Waals surface area contributed by atoms with E-state index in [1.54, 1.807) is 0 Å². The van der Waals surface area contributed by atoms with Crippen LogP contribution in [0.3, 0.4) is 0 Å². The predicted octanol–water partition coefficient (Wildman–Crippen LogP) is 2.47. The average Bonchev–Trinajstić information content (AvgIpc) is 3.05. The van der Waals surface area contributed by atoms with Crippen molar-refractivity contribution in [2.75, 3.05) is 11.9 Å². The molecule has 5 nitrogen and oxygen atoms in total. The molecule has 106 valence electrons. The van der Waals surface area contributed by atoms with Gasteiger partial charge in [0, 0.05) is 12.1 Å². The number of nitrogens with one attached hydrogen (secondary N) is 2. The highest BCUT2D eigenvalue weighted by atomic mass is 16.3. The molecule has 2 N–H and O–H groups in total. The first-order chi connectivity index (χ1) is 9.60. The second kappa shape index (κ2) is 4.90. The fourth-order valence-corrected chi connectivity index (χ4v) is 2.56. The van der Waals surface area contributed by atoms with Crippen molar-refractivity contribution in [3.8, 4) is 0 Å². The van der Waals surface area contributed by atoms with Crippen LogP contribution in [-0.2, 0) is 11.2 Å². The molecule has 0 saturated carbocycles. The van der Waals surface area contributed by atoms with E-state index in [-0.39, 0.29) is 5.91 Å². The fraction of sp³-hybridized carbons (Fsp3) is 0.467. The molecular weight excluding hydrogens is 254 g/mol. The van der Waals surface area contributed by atoms with Gasteiger partial charge in [-0.05, 0) is 44.5 Å². The van der Waals surface area contributed by atoms with Crippen LogP contribution in [0.1, 0.15) is 32.6 Å². The molecule has 1 atom stereocenters. The van der Waals surface area contributed by atoms with Crippen LogP contribution in [0.2, 0.25) is 0 Å². The maximum Gasteiger partial charge on any atom is 0.244 e. The van der Waals surface area contributed by atoms with Gasteiger partial charge < -0.3 is 15.1 Å². The van der Waals surface area contributed by atoms with E-state index in [9.17, 15) is 4.79 Å². The summed E-state index contributed by atoms with van der Waals surface area (Å²) >= 11 is 0. The van der Waals surface area contributed by atoms with Crippen LogP contribution >= 0.6 is 0 Å². The number of aryl methyl sites for hydroxylation is 1. The van der Waals surface area contributed by atoms with Crippen molar-refractivity contribution < 1.29 is 9.21 Å².